The zero-order valence-corrected chi connectivity index (χ0v) is 8.41. The second-order valence-electron chi connectivity index (χ2n) is 2.82. The summed E-state index contributed by atoms with van der Waals surface area (Å²) in [6.45, 7) is 1.88. The highest BCUT2D eigenvalue weighted by molar-refractivity contribution is 6.25. The highest BCUT2D eigenvalue weighted by atomic mass is 35.5. The van der Waals surface area contributed by atoms with Gasteiger partial charge in [0.05, 0.1) is 5.69 Å². The summed E-state index contributed by atoms with van der Waals surface area (Å²) < 4.78 is 26.2. The van der Waals surface area contributed by atoms with E-state index >= 15 is 0 Å². The maximum atomic E-state index is 13.2. The Hall–Kier alpha value is -1.09. The first kappa shape index (κ1) is 11.0. The molecule has 1 aromatic rings. The minimum atomic E-state index is -0.466. The van der Waals surface area contributed by atoms with Gasteiger partial charge in [0.1, 0.15) is 11.6 Å². The minimum absolute atomic E-state index is 0.142. The highest BCUT2D eigenvalue weighted by Crippen LogP contribution is 2.18. The van der Waals surface area contributed by atoms with E-state index in [1.807, 2.05) is 0 Å². The van der Waals surface area contributed by atoms with Gasteiger partial charge in [0, 0.05) is 18.1 Å². The molecule has 0 heterocycles. The Labute approximate surface area is 86.4 Å². The highest BCUT2D eigenvalue weighted by Gasteiger charge is 2.05. The number of hydrogen-bond donors (Lipinski definition) is 1. The number of hydrogen-bond acceptors (Lipinski definition) is 1. The number of benzene rings is 1. The lowest BCUT2D eigenvalue weighted by atomic mass is 10.2. The average Bonchev–Trinajstić information content (AvgIpc) is 2.14. The molecule has 0 saturated heterocycles. The quantitative estimate of drug-likeness (QED) is 0.818. The Morgan fingerprint density at radius 2 is 2.07 bits per heavy atom. The van der Waals surface area contributed by atoms with E-state index < -0.39 is 11.6 Å². The predicted octanol–water partition coefficient (Wildman–Crippen LogP) is 3.44. The van der Waals surface area contributed by atoms with Crippen molar-refractivity contribution in [2.45, 2.75) is 6.92 Å². The van der Waals surface area contributed by atoms with Gasteiger partial charge in [-0.15, -0.1) is 0 Å². The minimum Gasteiger partial charge on any atom is -0.379 e. The summed E-state index contributed by atoms with van der Waals surface area (Å²) in [5.41, 5.74) is 1.75. The summed E-state index contributed by atoms with van der Waals surface area (Å²) in [5.74, 6) is -0.893. The van der Waals surface area contributed by atoms with E-state index in [0.717, 1.165) is 12.1 Å². The number of halogens is 3. The summed E-state index contributed by atoms with van der Waals surface area (Å²) in [6, 6.07) is 2.29. The topological polar surface area (TPSA) is 12.0 Å². The molecule has 4 heteroatoms. The SMILES string of the molecule is Cc1cc(F)c(NC/C=C/Cl)cc1F. The molecule has 14 heavy (non-hydrogen) atoms. The third kappa shape index (κ3) is 2.70. The first-order valence-corrected chi connectivity index (χ1v) is 4.53. The van der Waals surface area contributed by atoms with Crippen LogP contribution in [-0.2, 0) is 0 Å². The van der Waals surface area contributed by atoms with Gasteiger partial charge in [0.25, 0.3) is 0 Å². The third-order valence-corrected chi connectivity index (χ3v) is 1.93. The molecule has 0 aliphatic carbocycles. The van der Waals surface area contributed by atoms with E-state index in [2.05, 4.69) is 5.32 Å². The molecule has 0 fully saturated rings. The van der Waals surface area contributed by atoms with Crippen molar-refractivity contribution in [2.24, 2.45) is 0 Å². The molecule has 0 spiro atoms. The van der Waals surface area contributed by atoms with Crippen molar-refractivity contribution in [3.63, 3.8) is 0 Å². The van der Waals surface area contributed by atoms with Crippen molar-refractivity contribution in [3.05, 3.63) is 40.9 Å². The van der Waals surface area contributed by atoms with Crippen LogP contribution in [0.4, 0.5) is 14.5 Å². The summed E-state index contributed by atoms with van der Waals surface area (Å²) in [4.78, 5) is 0. The fraction of sp³-hybridized carbons (Fsp3) is 0.200. The number of rotatable bonds is 3. The largest absolute Gasteiger partial charge is 0.379 e. The van der Waals surface area contributed by atoms with Gasteiger partial charge in [0.15, 0.2) is 0 Å². The first-order chi connectivity index (χ1) is 6.65. The van der Waals surface area contributed by atoms with Crippen LogP contribution in [0, 0.1) is 18.6 Å². The van der Waals surface area contributed by atoms with E-state index in [9.17, 15) is 8.78 Å². The van der Waals surface area contributed by atoms with Crippen molar-refractivity contribution >= 4 is 17.3 Å². The smallest absolute Gasteiger partial charge is 0.146 e. The van der Waals surface area contributed by atoms with Crippen LogP contribution in [-0.4, -0.2) is 6.54 Å². The van der Waals surface area contributed by atoms with Crippen LogP contribution in [0.3, 0.4) is 0 Å². The van der Waals surface area contributed by atoms with E-state index in [0.29, 0.717) is 12.1 Å². The Kier molecular flexibility index (Phi) is 3.89. The summed E-state index contributed by atoms with van der Waals surface area (Å²) in [5, 5.41) is 2.70. The Morgan fingerprint density at radius 1 is 1.36 bits per heavy atom. The maximum Gasteiger partial charge on any atom is 0.146 e. The molecule has 76 valence electrons. The lowest BCUT2D eigenvalue weighted by molar-refractivity contribution is 0.595. The lowest BCUT2D eigenvalue weighted by Gasteiger charge is -2.06. The standard InChI is InChI=1S/C10H10ClF2N/c1-7-5-9(13)10(6-8(7)12)14-4-2-3-11/h2-3,5-6,14H,4H2,1H3/b3-2+. The van der Waals surface area contributed by atoms with Crippen LogP contribution in [0.5, 0.6) is 0 Å². The third-order valence-electron chi connectivity index (χ3n) is 1.75. The zero-order chi connectivity index (χ0) is 10.6. The van der Waals surface area contributed by atoms with E-state index in [-0.39, 0.29) is 5.69 Å². The lowest BCUT2D eigenvalue weighted by Crippen LogP contribution is -2.01. The van der Waals surface area contributed by atoms with Crippen LogP contribution < -0.4 is 5.32 Å². The van der Waals surface area contributed by atoms with E-state index in [1.165, 1.54) is 12.5 Å². The molecule has 1 nitrogen and oxygen atoms in total. The monoisotopic (exact) mass is 217 g/mol. The summed E-state index contributed by atoms with van der Waals surface area (Å²) >= 11 is 5.28. The fourth-order valence-corrected chi connectivity index (χ4v) is 1.08. The average molecular weight is 218 g/mol. The van der Waals surface area contributed by atoms with Crippen LogP contribution >= 0.6 is 11.6 Å². The molecular formula is C10H10ClF2N. The van der Waals surface area contributed by atoms with Crippen LogP contribution in [0.1, 0.15) is 5.56 Å². The summed E-state index contributed by atoms with van der Waals surface area (Å²) in [7, 11) is 0. The van der Waals surface area contributed by atoms with Gasteiger partial charge in [-0.25, -0.2) is 8.78 Å². The van der Waals surface area contributed by atoms with Gasteiger partial charge in [-0.2, -0.15) is 0 Å². The van der Waals surface area contributed by atoms with Gasteiger partial charge >= 0.3 is 0 Å². The molecule has 1 N–H and O–H groups in total. The van der Waals surface area contributed by atoms with Crippen molar-refractivity contribution in [3.8, 4) is 0 Å². The summed E-state index contributed by atoms with van der Waals surface area (Å²) in [6.07, 6.45) is 1.60. The molecule has 1 aromatic carbocycles. The van der Waals surface area contributed by atoms with Gasteiger partial charge in [-0.1, -0.05) is 17.7 Å². The van der Waals surface area contributed by atoms with Gasteiger partial charge < -0.3 is 5.32 Å². The second-order valence-corrected chi connectivity index (χ2v) is 3.08. The van der Waals surface area contributed by atoms with Gasteiger partial charge in [-0.05, 0) is 18.6 Å². The molecule has 0 radical (unpaired) electrons. The van der Waals surface area contributed by atoms with Gasteiger partial charge in [0.2, 0.25) is 0 Å². The maximum absolute atomic E-state index is 13.2. The number of nitrogens with one attached hydrogen (secondary N) is 1. The molecule has 0 aliphatic rings. The van der Waals surface area contributed by atoms with Crippen LogP contribution in [0.15, 0.2) is 23.7 Å². The number of aryl methyl sites for hydroxylation is 1. The Morgan fingerprint density at radius 3 is 2.71 bits per heavy atom. The molecule has 0 unspecified atom stereocenters. The molecule has 0 aliphatic heterocycles. The molecule has 1 rings (SSSR count). The van der Waals surface area contributed by atoms with Crippen molar-refractivity contribution in [1.82, 2.24) is 0 Å². The molecule has 0 bridgehead atoms. The van der Waals surface area contributed by atoms with Crippen molar-refractivity contribution in [1.29, 1.82) is 0 Å². The molecule has 0 atom stereocenters. The molecule has 0 amide bonds. The van der Waals surface area contributed by atoms with Crippen molar-refractivity contribution in [2.75, 3.05) is 11.9 Å². The molecule has 0 aromatic heterocycles. The normalized spacial score (nSPS) is 10.9. The van der Waals surface area contributed by atoms with E-state index in [1.54, 1.807) is 6.08 Å². The zero-order valence-electron chi connectivity index (χ0n) is 7.65. The Balaban J connectivity index is 2.81. The first-order valence-electron chi connectivity index (χ1n) is 4.10. The van der Waals surface area contributed by atoms with E-state index in [4.69, 9.17) is 11.6 Å². The van der Waals surface area contributed by atoms with Gasteiger partial charge in [-0.3, -0.25) is 0 Å². The van der Waals surface area contributed by atoms with Crippen LogP contribution in [0.2, 0.25) is 0 Å². The molecular weight excluding hydrogens is 208 g/mol. The Bertz CT molecular complexity index is 350. The molecule has 0 saturated carbocycles. The second kappa shape index (κ2) is 4.96. The number of anilines is 1. The van der Waals surface area contributed by atoms with Crippen LogP contribution in [0.25, 0.3) is 0 Å². The van der Waals surface area contributed by atoms with Crippen molar-refractivity contribution < 1.29 is 8.78 Å². The fourth-order valence-electron chi connectivity index (χ4n) is 0.995. The predicted molar refractivity (Wildman–Crippen MR) is 54.6 cm³/mol.